The van der Waals surface area contributed by atoms with Gasteiger partial charge in [-0.05, 0) is 12.7 Å². The molecule has 1 aliphatic heterocycles. The first kappa shape index (κ1) is 12.6. The van der Waals surface area contributed by atoms with E-state index < -0.39 is 6.03 Å². The molecule has 86 valence electrons. The second-order valence-electron chi connectivity index (χ2n) is 3.10. The van der Waals surface area contributed by atoms with Gasteiger partial charge in [-0.1, -0.05) is 13.5 Å². The van der Waals surface area contributed by atoms with Crippen LogP contribution >= 0.6 is 11.8 Å². The predicted molar refractivity (Wildman–Crippen MR) is 66.2 cm³/mol. The van der Waals surface area contributed by atoms with E-state index in [-0.39, 0.29) is 11.7 Å². The molecule has 0 unspecified atom stereocenters. The van der Waals surface area contributed by atoms with E-state index in [9.17, 15) is 9.59 Å². The number of hydrogen-bond donors (Lipinski definition) is 1. The standard InChI is InChI=1S/C10H13N3O2S/c1-4-16-5-8(14)12-9-6(2)7(3)11-10(15)13-9/h2,4-5H2,1,3H3,(H,12,13,14,15). The number of amidine groups is 1. The van der Waals surface area contributed by atoms with Crippen molar-refractivity contribution in [1.29, 1.82) is 0 Å². The van der Waals surface area contributed by atoms with Gasteiger partial charge >= 0.3 is 6.03 Å². The number of thioether (sulfide) groups is 1. The van der Waals surface area contributed by atoms with Crippen molar-refractivity contribution in [2.24, 2.45) is 9.98 Å². The second-order valence-corrected chi connectivity index (χ2v) is 4.38. The molecule has 0 bridgehead atoms. The van der Waals surface area contributed by atoms with E-state index in [0.717, 1.165) is 5.75 Å². The summed E-state index contributed by atoms with van der Waals surface area (Å²) in [6.07, 6.45) is 0. The van der Waals surface area contributed by atoms with Crippen LogP contribution in [0.15, 0.2) is 22.1 Å². The molecule has 3 amide bonds. The average Bonchev–Trinajstić information content (AvgIpc) is 2.22. The first-order valence-corrected chi connectivity index (χ1v) is 5.95. The Morgan fingerprint density at radius 1 is 1.50 bits per heavy atom. The molecule has 0 aromatic rings. The quantitative estimate of drug-likeness (QED) is 0.809. The van der Waals surface area contributed by atoms with Crippen molar-refractivity contribution in [3.63, 3.8) is 0 Å². The van der Waals surface area contributed by atoms with Gasteiger partial charge in [-0.15, -0.1) is 0 Å². The number of carbonyl (C=O) groups is 2. The van der Waals surface area contributed by atoms with E-state index >= 15 is 0 Å². The minimum atomic E-state index is -0.608. The highest BCUT2D eigenvalue weighted by molar-refractivity contribution is 7.99. The van der Waals surface area contributed by atoms with Crippen LogP contribution in [0.4, 0.5) is 4.79 Å². The smallest absolute Gasteiger partial charge is 0.309 e. The molecule has 1 rings (SSSR count). The zero-order valence-corrected chi connectivity index (χ0v) is 10.1. The van der Waals surface area contributed by atoms with Crippen LogP contribution in [-0.4, -0.2) is 35.0 Å². The monoisotopic (exact) mass is 239 g/mol. The summed E-state index contributed by atoms with van der Waals surface area (Å²) in [6.45, 7) is 7.33. The van der Waals surface area contributed by atoms with Crippen molar-refractivity contribution in [1.82, 2.24) is 5.32 Å². The lowest BCUT2D eigenvalue weighted by Crippen LogP contribution is -2.36. The first-order chi connectivity index (χ1) is 7.54. The fraction of sp³-hybridized carbons (Fsp3) is 0.400. The lowest BCUT2D eigenvalue weighted by atomic mass is 10.1. The van der Waals surface area contributed by atoms with Gasteiger partial charge < -0.3 is 5.32 Å². The number of rotatable bonds is 3. The third-order valence-electron chi connectivity index (χ3n) is 1.89. The topological polar surface area (TPSA) is 70.9 Å². The van der Waals surface area contributed by atoms with Crippen LogP contribution in [0.5, 0.6) is 0 Å². The third-order valence-corrected chi connectivity index (χ3v) is 2.76. The molecule has 1 aliphatic rings. The van der Waals surface area contributed by atoms with Crippen molar-refractivity contribution in [3.05, 3.63) is 12.2 Å². The highest BCUT2D eigenvalue weighted by Gasteiger charge is 2.18. The Morgan fingerprint density at radius 2 is 2.19 bits per heavy atom. The van der Waals surface area contributed by atoms with Crippen molar-refractivity contribution < 1.29 is 9.59 Å². The van der Waals surface area contributed by atoms with Gasteiger partial charge in [-0.3, -0.25) is 4.79 Å². The summed E-state index contributed by atoms with van der Waals surface area (Å²) in [4.78, 5) is 29.7. The molecule has 0 aromatic heterocycles. The summed E-state index contributed by atoms with van der Waals surface area (Å²) in [7, 11) is 0. The van der Waals surface area contributed by atoms with Crippen molar-refractivity contribution >= 4 is 35.2 Å². The predicted octanol–water partition coefficient (Wildman–Crippen LogP) is 1.40. The maximum Gasteiger partial charge on any atom is 0.369 e. The molecule has 0 saturated heterocycles. The fourth-order valence-corrected chi connectivity index (χ4v) is 1.50. The number of urea groups is 1. The van der Waals surface area contributed by atoms with Crippen LogP contribution in [0.1, 0.15) is 13.8 Å². The first-order valence-electron chi connectivity index (χ1n) is 4.79. The largest absolute Gasteiger partial charge is 0.369 e. The van der Waals surface area contributed by atoms with Crippen LogP contribution in [-0.2, 0) is 4.79 Å². The van der Waals surface area contributed by atoms with Gasteiger partial charge in [0.05, 0.1) is 11.5 Å². The van der Waals surface area contributed by atoms with Gasteiger partial charge in [-0.25, -0.2) is 4.79 Å². The van der Waals surface area contributed by atoms with Gasteiger partial charge in [-0.2, -0.15) is 21.7 Å². The minimum Gasteiger partial charge on any atom is -0.309 e. The molecule has 0 fully saturated rings. The molecule has 0 radical (unpaired) electrons. The molecule has 1 N–H and O–H groups in total. The number of nitrogens with zero attached hydrogens (tertiary/aromatic N) is 2. The molecular weight excluding hydrogens is 226 g/mol. The number of carbonyl (C=O) groups excluding carboxylic acids is 2. The molecule has 16 heavy (non-hydrogen) atoms. The van der Waals surface area contributed by atoms with Gasteiger partial charge in [0.2, 0.25) is 5.91 Å². The Bertz CT molecular complexity index is 399. The van der Waals surface area contributed by atoms with Crippen LogP contribution in [0.25, 0.3) is 0 Å². The molecule has 0 atom stereocenters. The number of nitrogens with one attached hydrogen (secondary N) is 1. The fourth-order valence-electron chi connectivity index (χ4n) is 1.04. The van der Waals surface area contributed by atoms with Crippen molar-refractivity contribution in [2.75, 3.05) is 11.5 Å². The van der Waals surface area contributed by atoms with E-state index in [0.29, 0.717) is 17.0 Å². The summed E-state index contributed by atoms with van der Waals surface area (Å²) < 4.78 is 0. The zero-order chi connectivity index (χ0) is 12.1. The molecular formula is C10H13N3O2S. The molecule has 0 aromatic carbocycles. The average molecular weight is 239 g/mol. The van der Waals surface area contributed by atoms with Gasteiger partial charge in [0.1, 0.15) is 5.84 Å². The highest BCUT2D eigenvalue weighted by Crippen LogP contribution is 2.06. The SMILES string of the molecule is C=C1C(C)=NC(=O)N=C1NC(=O)CSCC. The van der Waals surface area contributed by atoms with E-state index in [1.165, 1.54) is 11.8 Å². The second kappa shape index (κ2) is 5.60. The molecule has 0 saturated carbocycles. The normalized spacial score (nSPS) is 15.6. The third kappa shape index (κ3) is 3.30. The van der Waals surface area contributed by atoms with Gasteiger partial charge in [0.25, 0.3) is 0 Å². The summed E-state index contributed by atoms with van der Waals surface area (Å²) in [6, 6.07) is -0.608. The van der Waals surface area contributed by atoms with Gasteiger partial charge in [0, 0.05) is 5.57 Å². The Morgan fingerprint density at radius 3 is 2.81 bits per heavy atom. The number of amides is 3. The van der Waals surface area contributed by atoms with E-state index in [4.69, 9.17) is 0 Å². The molecule has 1 heterocycles. The highest BCUT2D eigenvalue weighted by atomic mass is 32.2. The molecule has 0 aliphatic carbocycles. The Balaban J connectivity index is 2.64. The maximum atomic E-state index is 11.4. The number of hydrogen-bond acceptors (Lipinski definition) is 3. The summed E-state index contributed by atoms with van der Waals surface area (Å²) >= 11 is 1.50. The van der Waals surface area contributed by atoms with Crippen molar-refractivity contribution in [3.8, 4) is 0 Å². The maximum absolute atomic E-state index is 11.4. The molecule has 5 nitrogen and oxygen atoms in total. The van der Waals surface area contributed by atoms with Gasteiger partial charge in [0.15, 0.2) is 0 Å². The van der Waals surface area contributed by atoms with Crippen LogP contribution < -0.4 is 5.32 Å². The Hall–Kier alpha value is -1.43. The van der Waals surface area contributed by atoms with E-state index in [2.05, 4.69) is 21.9 Å². The van der Waals surface area contributed by atoms with Crippen molar-refractivity contribution in [2.45, 2.75) is 13.8 Å². The van der Waals surface area contributed by atoms with Crippen LogP contribution in [0.3, 0.4) is 0 Å². The summed E-state index contributed by atoms with van der Waals surface area (Å²) in [5, 5.41) is 2.55. The lowest BCUT2D eigenvalue weighted by molar-refractivity contribution is -0.117. The lowest BCUT2D eigenvalue weighted by Gasteiger charge is -2.13. The van der Waals surface area contributed by atoms with E-state index in [1.54, 1.807) is 6.92 Å². The Kier molecular flexibility index (Phi) is 4.42. The Labute approximate surface area is 98.1 Å². The minimum absolute atomic E-state index is 0.186. The summed E-state index contributed by atoms with van der Waals surface area (Å²) in [5.41, 5.74) is 0.966. The molecule has 6 heteroatoms. The summed E-state index contributed by atoms with van der Waals surface area (Å²) in [5.74, 6) is 1.22. The van der Waals surface area contributed by atoms with E-state index in [1.807, 2.05) is 6.92 Å². The molecule has 0 spiro atoms. The van der Waals surface area contributed by atoms with Crippen LogP contribution in [0.2, 0.25) is 0 Å². The van der Waals surface area contributed by atoms with Crippen LogP contribution in [0, 0.1) is 0 Å². The number of aliphatic imine (C=N–C) groups is 2. The zero-order valence-electron chi connectivity index (χ0n) is 9.24.